The molecule has 1 N–H and O–H groups in total. The minimum Gasteiger partial charge on any atom is -0.474 e. The summed E-state index contributed by atoms with van der Waals surface area (Å²) in [6, 6.07) is 17.0. The number of nitrogens with zero attached hydrogens (tertiary/aromatic N) is 2. The van der Waals surface area contributed by atoms with E-state index >= 15 is 0 Å². The Balaban J connectivity index is 1.62. The van der Waals surface area contributed by atoms with Gasteiger partial charge in [0.25, 0.3) is 5.16 Å². The van der Waals surface area contributed by atoms with Crippen molar-refractivity contribution in [3.63, 3.8) is 0 Å². The SMILES string of the molecule is CC(C)(C)OC(=O)NC1(c2ccc(-c3oc4nc(S(C)(=O)=O)nc(OCCF)c4c3-c3ccccc3)cc2)CCC1. The Labute approximate surface area is 238 Å². The number of halogens is 1. The number of fused-ring (bicyclic) bond motifs is 1. The number of aromatic nitrogens is 2. The topological polar surface area (TPSA) is 121 Å². The molecule has 5 rings (SSSR count). The number of ether oxygens (including phenoxy) is 2. The third kappa shape index (κ3) is 5.90. The van der Waals surface area contributed by atoms with Gasteiger partial charge in [0.05, 0.1) is 5.54 Å². The van der Waals surface area contributed by atoms with Gasteiger partial charge in [0.2, 0.25) is 21.4 Å². The van der Waals surface area contributed by atoms with E-state index in [2.05, 4.69) is 15.3 Å². The minimum absolute atomic E-state index is 0.00858. The van der Waals surface area contributed by atoms with Crippen molar-refractivity contribution in [3.05, 3.63) is 60.2 Å². The lowest BCUT2D eigenvalue weighted by atomic mass is 9.71. The number of alkyl carbamates (subject to hydrolysis) is 1. The molecule has 41 heavy (non-hydrogen) atoms. The number of sulfone groups is 1. The molecule has 2 aromatic carbocycles. The molecule has 0 radical (unpaired) electrons. The predicted molar refractivity (Wildman–Crippen MR) is 152 cm³/mol. The van der Waals surface area contributed by atoms with Gasteiger partial charge in [0, 0.05) is 17.4 Å². The normalized spacial score (nSPS) is 14.9. The number of nitrogens with one attached hydrogen (secondary N) is 1. The number of alkyl halides is 1. The van der Waals surface area contributed by atoms with Crippen molar-refractivity contribution in [1.82, 2.24) is 15.3 Å². The fourth-order valence-corrected chi connectivity index (χ4v) is 5.39. The van der Waals surface area contributed by atoms with Gasteiger partial charge in [0.15, 0.2) is 0 Å². The molecular weight excluding hydrogens is 549 g/mol. The van der Waals surface area contributed by atoms with Crippen molar-refractivity contribution < 1.29 is 31.5 Å². The van der Waals surface area contributed by atoms with E-state index in [0.29, 0.717) is 22.3 Å². The Morgan fingerprint density at radius 3 is 2.29 bits per heavy atom. The van der Waals surface area contributed by atoms with E-state index in [4.69, 9.17) is 13.9 Å². The number of hydrogen-bond donors (Lipinski definition) is 1. The summed E-state index contributed by atoms with van der Waals surface area (Å²) in [5.74, 6) is 0.346. The molecule has 2 aromatic heterocycles. The minimum atomic E-state index is -3.82. The van der Waals surface area contributed by atoms with Crippen molar-refractivity contribution >= 4 is 27.0 Å². The summed E-state index contributed by atoms with van der Waals surface area (Å²) in [6.45, 7) is 4.37. The Bertz CT molecular complexity index is 1680. The number of rotatable bonds is 8. The van der Waals surface area contributed by atoms with Crippen LogP contribution in [0.3, 0.4) is 0 Å². The summed E-state index contributed by atoms with van der Waals surface area (Å²) >= 11 is 0. The largest absolute Gasteiger partial charge is 0.474 e. The molecule has 0 bridgehead atoms. The Morgan fingerprint density at radius 1 is 1.05 bits per heavy atom. The van der Waals surface area contributed by atoms with Crippen LogP contribution in [0.2, 0.25) is 0 Å². The monoisotopic (exact) mass is 581 g/mol. The average Bonchev–Trinajstić information content (AvgIpc) is 3.28. The summed E-state index contributed by atoms with van der Waals surface area (Å²) in [5, 5.41) is 2.93. The van der Waals surface area contributed by atoms with Crippen LogP contribution in [-0.4, -0.2) is 49.6 Å². The number of carbonyl (C=O) groups is 1. The molecule has 9 nitrogen and oxygen atoms in total. The van der Waals surface area contributed by atoms with Crippen LogP contribution in [0.4, 0.5) is 9.18 Å². The van der Waals surface area contributed by atoms with E-state index in [1.54, 1.807) is 0 Å². The summed E-state index contributed by atoms with van der Waals surface area (Å²) in [6.07, 6.45) is 3.05. The maximum absolute atomic E-state index is 13.1. The fourth-order valence-electron chi connectivity index (χ4n) is 4.90. The summed E-state index contributed by atoms with van der Waals surface area (Å²) in [5.41, 5.74) is 1.84. The van der Waals surface area contributed by atoms with E-state index < -0.39 is 38.9 Å². The molecule has 0 unspecified atom stereocenters. The van der Waals surface area contributed by atoms with Crippen LogP contribution in [0.1, 0.15) is 45.6 Å². The van der Waals surface area contributed by atoms with E-state index in [1.165, 1.54) is 0 Å². The van der Waals surface area contributed by atoms with E-state index in [0.717, 1.165) is 36.6 Å². The lowest BCUT2D eigenvalue weighted by Crippen LogP contribution is -2.52. The van der Waals surface area contributed by atoms with Gasteiger partial charge in [-0.05, 0) is 51.2 Å². The van der Waals surface area contributed by atoms with E-state index in [-0.39, 0.29) is 18.2 Å². The Kier molecular flexibility index (Phi) is 7.50. The summed E-state index contributed by atoms with van der Waals surface area (Å²) < 4.78 is 55.0. The zero-order chi connectivity index (χ0) is 29.4. The first-order chi connectivity index (χ1) is 19.4. The van der Waals surface area contributed by atoms with Gasteiger partial charge in [-0.2, -0.15) is 9.97 Å². The summed E-state index contributed by atoms with van der Waals surface area (Å²) in [7, 11) is -3.82. The third-order valence-electron chi connectivity index (χ3n) is 6.85. The second kappa shape index (κ2) is 10.8. The average molecular weight is 582 g/mol. The van der Waals surface area contributed by atoms with Gasteiger partial charge in [0.1, 0.15) is 30.0 Å². The van der Waals surface area contributed by atoms with Crippen LogP contribution < -0.4 is 10.1 Å². The fraction of sp³-hybridized carbons (Fsp3) is 0.367. The Morgan fingerprint density at radius 2 is 1.73 bits per heavy atom. The first-order valence-corrected chi connectivity index (χ1v) is 15.2. The molecule has 1 amide bonds. The zero-order valence-electron chi connectivity index (χ0n) is 23.4. The maximum atomic E-state index is 13.1. The second-order valence-corrected chi connectivity index (χ2v) is 13.0. The molecule has 1 aliphatic carbocycles. The first-order valence-electron chi connectivity index (χ1n) is 13.3. The molecule has 0 aliphatic heterocycles. The van der Waals surface area contributed by atoms with Crippen LogP contribution in [0, 0.1) is 0 Å². The van der Waals surface area contributed by atoms with Gasteiger partial charge in [-0.1, -0.05) is 54.6 Å². The molecule has 0 atom stereocenters. The van der Waals surface area contributed by atoms with Gasteiger partial charge < -0.3 is 19.2 Å². The standard InChI is InChI=1S/C30H32FN3O6S/c1-29(2,3)40-28(35)34-30(15-8-16-30)21-13-11-20(12-14-21)24-22(19-9-6-5-7-10-19)23-25(38-18-17-31)32-27(41(4,36)37)33-26(23)39-24/h5-7,9-14H,8,15-18H2,1-4H3,(H,34,35). The molecule has 1 fully saturated rings. The van der Waals surface area contributed by atoms with Gasteiger partial charge in [-0.25, -0.2) is 17.6 Å². The molecule has 1 aliphatic rings. The molecule has 2 heterocycles. The summed E-state index contributed by atoms with van der Waals surface area (Å²) in [4.78, 5) is 20.9. The number of hydrogen-bond acceptors (Lipinski definition) is 8. The number of benzene rings is 2. The third-order valence-corrected chi connectivity index (χ3v) is 7.70. The predicted octanol–water partition coefficient (Wildman–Crippen LogP) is 6.21. The molecule has 0 spiro atoms. The zero-order valence-corrected chi connectivity index (χ0v) is 24.2. The lowest BCUT2D eigenvalue weighted by Gasteiger charge is -2.43. The van der Waals surface area contributed by atoms with Gasteiger partial charge >= 0.3 is 6.09 Å². The number of amides is 1. The van der Waals surface area contributed by atoms with Crippen LogP contribution in [0.15, 0.2) is 64.2 Å². The van der Waals surface area contributed by atoms with Crippen molar-refractivity contribution in [2.24, 2.45) is 0 Å². The van der Waals surface area contributed by atoms with Crippen molar-refractivity contribution in [1.29, 1.82) is 0 Å². The number of furan rings is 1. The molecule has 4 aromatic rings. The van der Waals surface area contributed by atoms with Crippen LogP contribution in [0.5, 0.6) is 5.88 Å². The van der Waals surface area contributed by atoms with Crippen molar-refractivity contribution in [2.45, 2.75) is 56.3 Å². The van der Waals surface area contributed by atoms with Crippen LogP contribution in [-0.2, 0) is 20.1 Å². The maximum Gasteiger partial charge on any atom is 0.408 e. The highest BCUT2D eigenvalue weighted by atomic mass is 32.2. The van der Waals surface area contributed by atoms with E-state index in [1.807, 2.05) is 75.4 Å². The van der Waals surface area contributed by atoms with Gasteiger partial charge in [-0.3, -0.25) is 0 Å². The van der Waals surface area contributed by atoms with Crippen LogP contribution >= 0.6 is 0 Å². The van der Waals surface area contributed by atoms with Gasteiger partial charge in [-0.15, -0.1) is 0 Å². The molecule has 1 saturated carbocycles. The smallest absolute Gasteiger partial charge is 0.408 e. The lowest BCUT2D eigenvalue weighted by molar-refractivity contribution is 0.0377. The highest BCUT2D eigenvalue weighted by Crippen LogP contribution is 2.46. The molecule has 216 valence electrons. The quantitative estimate of drug-likeness (QED) is 0.244. The highest BCUT2D eigenvalue weighted by Gasteiger charge is 2.41. The van der Waals surface area contributed by atoms with Crippen LogP contribution in [0.25, 0.3) is 33.6 Å². The highest BCUT2D eigenvalue weighted by molar-refractivity contribution is 7.90. The molecular formula is C30H32FN3O6S. The molecule has 11 heteroatoms. The second-order valence-electron chi connectivity index (χ2n) is 11.1. The molecule has 0 saturated heterocycles. The van der Waals surface area contributed by atoms with Crippen molar-refractivity contribution in [2.75, 3.05) is 19.5 Å². The number of carbonyl (C=O) groups excluding carboxylic acids is 1. The Hall–Kier alpha value is -3.99. The van der Waals surface area contributed by atoms with E-state index in [9.17, 15) is 17.6 Å². The first kappa shape index (κ1) is 28.5. The van der Waals surface area contributed by atoms with Crippen molar-refractivity contribution in [3.8, 4) is 28.3 Å².